The van der Waals surface area contributed by atoms with E-state index in [1.165, 1.54) is 6.08 Å². The fraction of sp³-hybridized carbons (Fsp3) is 0.294. The van der Waals surface area contributed by atoms with E-state index in [0.29, 0.717) is 5.02 Å². The van der Waals surface area contributed by atoms with Crippen LogP contribution in [-0.4, -0.2) is 15.7 Å². The zero-order chi connectivity index (χ0) is 16.3. The van der Waals surface area contributed by atoms with Crippen molar-refractivity contribution in [2.75, 3.05) is 0 Å². The lowest BCUT2D eigenvalue weighted by Gasteiger charge is -2.13. The van der Waals surface area contributed by atoms with Gasteiger partial charge < -0.3 is 4.74 Å². The van der Waals surface area contributed by atoms with Gasteiger partial charge in [0.1, 0.15) is 6.10 Å². The number of carbonyl (C=O) groups excluding carboxylic acids is 1. The summed E-state index contributed by atoms with van der Waals surface area (Å²) in [4.78, 5) is 12.0. The van der Waals surface area contributed by atoms with E-state index in [9.17, 15) is 4.79 Å². The van der Waals surface area contributed by atoms with E-state index in [4.69, 9.17) is 16.3 Å². The average molecular weight is 319 g/mol. The molecule has 0 unspecified atom stereocenters. The number of carbonyl (C=O) groups is 1. The number of aryl methyl sites for hydroxylation is 2. The van der Waals surface area contributed by atoms with Gasteiger partial charge in [0.15, 0.2) is 0 Å². The van der Waals surface area contributed by atoms with E-state index in [-0.39, 0.29) is 0 Å². The van der Waals surface area contributed by atoms with Crippen LogP contribution in [0.3, 0.4) is 0 Å². The number of benzene rings is 1. The fourth-order valence-electron chi connectivity index (χ4n) is 2.26. The van der Waals surface area contributed by atoms with E-state index in [1.807, 2.05) is 39.1 Å². The summed E-state index contributed by atoms with van der Waals surface area (Å²) in [6, 6.07) is 7.33. The molecule has 0 bridgehead atoms. The number of nitrogens with zero attached hydrogens (tertiary/aromatic N) is 2. The monoisotopic (exact) mass is 318 g/mol. The highest BCUT2D eigenvalue weighted by molar-refractivity contribution is 6.31. The molecule has 0 N–H and O–H groups in total. The minimum Gasteiger partial charge on any atom is -0.455 e. The molecule has 0 spiro atoms. The molecule has 1 aromatic heterocycles. The SMILES string of the molecule is Cc1nn(C)c(C)c1/C=C/C(=O)O[C@H](C)c1ccccc1Cl. The molecular formula is C17H19ClN2O2. The Morgan fingerprint density at radius 2 is 2.05 bits per heavy atom. The van der Waals surface area contributed by atoms with Gasteiger partial charge in [0, 0.05) is 35.0 Å². The second kappa shape index (κ2) is 6.79. The molecule has 0 saturated carbocycles. The van der Waals surface area contributed by atoms with Gasteiger partial charge in [0.25, 0.3) is 0 Å². The number of ether oxygens (including phenoxy) is 1. The van der Waals surface area contributed by atoms with Gasteiger partial charge in [0.05, 0.1) is 5.69 Å². The first-order valence-electron chi connectivity index (χ1n) is 7.03. The lowest BCUT2D eigenvalue weighted by Crippen LogP contribution is -2.06. The largest absolute Gasteiger partial charge is 0.455 e. The van der Waals surface area contributed by atoms with Gasteiger partial charge in [-0.3, -0.25) is 4.68 Å². The molecule has 0 aliphatic heterocycles. The van der Waals surface area contributed by atoms with Crippen LogP contribution in [0.4, 0.5) is 0 Å². The van der Waals surface area contributed by atoms with Gasteiger partial charge in [0.2, 0.25) is 0 Å². The fourth-order valence-corrected chi connectivity index (χ4v) is 2.55. The van der Waals surface area contributed by atoms with Crippen molar-refractivity contribution in [1.29, 1.82) is 0 Å². The van der Waals surface area contributed by atoms with Crippen molar-refractivity contribution in [3.8, 4) is 0 Å². The Balaban J connectivity index is 2.07. The van der Waals surface area contributed by atoms with Crippen LogP contribution in [0.15, 0.2) is 30.3 Å². The zero-order valence-corrected chi connectivity index (χ0v) is 13.9. The van der Waals surface area contributed by atoms with Crippen LogP contribution in [0.2, 0.25) is 5.02 Å². The van der Waals surface area contributed by atoms with Crippen molar-refractivity contribution in [2.24, 2.45) is 7.05 Å². The molecule has 1 atom stereocenters. The standard InChI is InChI=1S/C17H19ClN2O2/c1-11-14(12(2)20(4)19-11)9-10-17(21)22-13(3)15-7-5-6-8-16(15)18/h5-10,13H,1-4H3/b10-9+/t13-/m1/s1. The average Bonchev–Trinajstić information content (AvgIpc) is 2.70. The summed E-state index contributed by atoms with van der Waals surface area (Å²) < 4.78 is 7.17. The highest BCUT2D eigenvalue weighted by Crippen LogP contribution is 2.25. The predicted molar refractivity (Wildman–Crippen MR) is 87.7 cm³/mol. The van der Waals surface area contributed by atoms with Crippen molar-refractivity contribution >= 4 is 23.6 Å². The third kappa shape index (κ3) is 3.57. The molecule has 0 saturated heterocycles. The lowest BCUT2D eigenvalue weighted by atomic mass is 10.1. The maximum atomic E-state index is 12.0. The minimum absolute atomic E-state index is 0.401. The number of halogens is 1. The molecule has 1 heterocycles. The number of esters is 1. The van der Waals surface area contributed by atoms with Gasteiger partial charge in [-0.25, -0.2) is 4.79 Å². The quantitative estimate of drug-likeness (QED) is 0.632. The molecule has 4 nitrogen and oxygen atoms in total. The number of hydrogen-bond acceptors (Lipinski definition) is 3. The molecule has 0 fully saturated rings. The summed E-state index contributed by atoms with van der Waals surface area (Å²) in [7, 11) is 1.87. The summed E-state index contributed by atoms with van der Waals surface area (Å²) in [5.74, 6) is -0.407. The molecule has 2 aromatic rings. The van der Waals surface area contributed by atoms with Crippen molar-refractivity contribution in [1.82, 2.24) is 9.78 Å². The Kier molecular flexibility index (Phi) is 5.03. The normalized spacial score (nSPS) is 12.6. The first kappa shape index (κ1) is 16.3. The topological polar surface area (TPSA) is 44.1 Å². The number of hydrogen-bond donors (Lipinski definition) is 0. The molecule has 0 amide bonds. The van der Waals surface area contributed by atoms with Crippen LogP contribution < -0.4 is 0 Å². The van der Waals surface area contributed by atoms with Gasteiger partial charge in [-0.1, -0.05) is 29.8 Å². The van der Waals surface area contributed by atoms with E-state index < -0.39 is 12.1 Å². The Morgan fingerprint density at radius 3 is 2.64 bits per heavy atom. The van der Waals surface area contributed by atoms with Crippen molar-refractivity contribution < 1.29 is 9.53 Å². The number of aromatic nitrogens is 2. The molecular weight excluding hydrogens is 300 g/mol. The summed E-state index contributed by atoms with van der Waals surface area (Å²) in [5, 5.41) is 4.89. The van der Waals surface area contributed by atoms with Crippen LogP contribution in [0.25, 0.3) is 6.08 Å². The maximum absolute atomic E-state index is 12.0. The molecule has 0 aliphatic carbocycles. The second-order valence-electron chi connectivity index (χ2n) is 5.14. The lowest BCUT2D eigenvalue weighted by molar-refractivity contribution is -0.142. The first-order valence-corrected chi connectivity index (χ1v) is 7.41. The van der Waals surface area contributed by atoms with Crippen LogP contribution in [0.5, 0.6) is 0 Å². The third-order valence-corrected chi connectivity index (χ3v) is 3.93. The molecule has 1 aromatic carbocycles. The first-order chi connectivity index (χ1) is 10.4. The van der Waals surface area contributed by atoms with Crippen LogP contribution >= 0.6 is 11.6 Å². The van der Waals surface area contributed by atoms with Gasteiger partial charge in [-0.05, 0) is 32.9 Å². The summed E-state index contributed by atoms with van der Waals surface area (Å²) in [6.07, 6.45) is 2.76. The van der Waals surface area contributed by atoms with Crippen LogP contribution in [-0.2, 0) is 16.6 Å². The molecule has 0 radical (unpaired) electrons. The van der Waals surface area contributed by atoms with E-state index in [2.05, 4.69) is 5.10 Å². The predicted octanol–water partition coefficient (Wildman–Crippen LogP) is 4.01. The van der Waals surface area contributed by atoms with E-state index in [1.54, 1.807) is 23.7 Å². The molecule has 22 heavy (non-hydrogen) atoms. The zero-order valence-electron chi connectivity index (χ0n) is 13.1. The highest BCUT2D eigenvalue weighted by atomic mass is 35.5. The van der Waals surface area contributed by atoms with Gasteiger partial charge in [-0.2, -0.15) is 5.10 Å². The Bertz CT molecular complexity index is 719. The van der Waals surface area contributed by atoms with E-state index in [0.717, 1.165) is 22.5 Å². The van der Waals surface area contributed by atoms with Crippen molar-refractivity contribution in [2.45, 2.75) is 26.9 Å². The Labute approximate surface area is 135 Å². The minimum atomic E-state index is -0.407. The van der Waals surface area contributed by atoms with Gasteiger partial charge >= 0.3 is 5.97 Å². The molecule has 0 aliphatic rings. The van der Waals surface area contributed by atoms with Crippen molar-refractivity contribution in [3.63, 3.8) is 0 Å². The Morgan fingerprint density at radius 1 is 1.36 bits per heavy atom. The molecule has 5 heteroatoms. The smallest absolute Gasteiger partial charge is 0.331 e. The summed E-state index contributed by atoms with van der Waals surface area (Å²) in [6.45, 7) is 5.66. The highest BCUT2D eigenvalue weighted by Gasteiger charge is 2.13. The Hall–Kier alpha value is -2.07. The summed E-state index contributed by atoms with van der Waals surface area (Å²) in [5.41, 5.74) is 3.61. The maximum Gasteiger partial charge on any atom is 0.331 e. The third-order valence-electron chi connectivity index (χ3n) is 3.59. The van der Waals surface area contributed by atoms with Crippen LogP contribution in [0, 0.1) is 13.8 Å². The van der Waals surface area contributed by atoms with Crippen LogP contribution in [0.1, 0.15) is 35.5 Å². The molecule has 2 rings (SSSR count). The van der Waals surface area contributed by atoms with Crippen molar-refractivity contribution in [3.05, 3.63) is 57.9 Å². The summed E-state index contributed by atoms with van der Waals surface area (Å²) >= 11 is 6.10. The van der Waals surface area contributed by atoms with Gasteiger partial charge in [-0.15, -0.1) is 0 Å². The molecule has 116 valence electrons. The number of rotatable bonds is 4. The van der Waals surface area contributed by atoms with E-state index >= 15 is 0 Å². The second-order valence-corrected chi connectivity index (χ2v) is 5.55.